The Labute approximate surface area is 218 Å². The number of aliphatic carboxylic acids is 2. The molecule has 0 aliphatic carbocycles. The third-order valence-electron chi connectivity index (χ3n) is 4.55. The molecule has 0 aliphatic rings. The molecule has 0 spiro atoms. The van der Waals surface area contributed by atoms with Crippen LogP contribution in [0.5, 0.6) is 0 Å². The van der Waals surface area contributed by atoms with Crippen molar-refractivity contribution in [3.05, 3.63) is 72.9 Å². The van der Waals surface area contributed by atoms with Gasteiger partial charge < -0.3 is 26.4 Å². The molecule has 0 radical (unpaired) electrons. The van der Waals surface area contributed by atoms with Crippen molar-refractivity contribution in [2.45, 2.75) is 62.8 Å². The fraction of sp³-hybridized carbons (Fsp3) is 0.444. The van der Waals surface area contributed by atoms with Crippen molar-refractivity contribution in [2.75, 3.05) is 12.3 Å². The van der Waals surface area contributed by atoms with Crippen LogP contribution in [0.1, 0.15) is 45.4 Å². The number of thioether (sulfide) groups is 1. The Balaban J connectivity index is 4.62. The number of nitrogens with two attached hydrogens (primary N) is 1. The average Bonchev–Trinajstić information content (AvgIpc) is 2.84. The summed E-state index contributed by atoms with van der Waals surface area (Å²) in [5, 5.41) is 29.8. The Morgan fingerprint density at radius 1 is 0.889 bits per heavy atom. The molecule has 0 aromatic rings. The number of carbonyl (C=O) groups excluding carboxylic acids is 1. The molecule has 9 heteroatoms. The van der Waals surface area contributed by atoms with E-state index in [9.17, 15) is 19.5 Å². The number of hydrogen-bond acceptors (Lipinski definition) is 6. The van der Waals surface area contributed by atoms with Crippen LogP contribution in [0.15, 0.2) is 72.9 Å². The van der Waals surface area contributed by atoms with Gasteiger partial charge in [-0.1, -0.05) is 79.8 Å². The summed E-state index contributed by atoms with van der Waals surface area (Å²) in [6.45, 7) is 1.53. The molecule has 200 valence electrons. The molecule has 8 nitrogen and oxygen atoms in total. The van der Waals surface area contributed by atoms with Gasteiger partial charge in [0.1, 0.15) is 6.54 Å². The Hall–Kier alpha value is -2.88. The normalized spacial score (nSPS) is 15.1. The first-order valence-electron chi connectivity index (χ1n) is 12.0. The van der Waals surface area contributed by atoms with Gasteiger partial charge in [0.2, 0.25) is 5.91 Å². The Kier molecular flexibility index (Phi) is 20.8. The summed E-state index contributed by atoms with van der Waals surface area (Å²) in [5.41, 5.74) is 5.86. The highest BCUT2D eigenvalue weighted by Crippen LogP contribution is 2.20. The number of carboxylic acids is 2. The van der Waals surface area contributed by atoms with E-state index in [0.29, 0.717) is 12.8 Å². The molecular weight excluding hydrogens is 480 g/mol. The molecule has 36 heavy (non-hydrogen) atoms. The van der Waals surface area contributed by atoms with E-state index in [4.69, 9.17) is 15.9 Å². The smallest absolute Gasteiger partial charge is 0.322 e. The van der Waals surface area contributed by atoms with Crippen molar-refractivity contribution < 1.29 is 29.7 Å². The molecule has 0 rings (SSSR count). The molecule has 0 saturated heterocycles. The van der Waals surface area contributed by atoms with Crippen LogP contribution in [0.2, 0.25) is 0 Å². The first-order valence-corrected chi connectivity index (χ1v) is 13.0. The molecule has 0 aromatic heterocycles. The monoisotopic (exact) mass is 520 g/mol. The zero-order chi connectivity index (χ0) is 27.0. The van der Waals surface area contributed by atoms with Crippen LogP contribution in [0.3, 0.4) is 0 Å². The predicted octanol–water partition coefficient (Wildman–Crippen LogP) is 3.76. The van der Waals surface area contributed by atoms with Gasteiger partial charge in [0, 0.05) is 17.4 Å². The summed E-state index contributed by atoms with van der Waals surface area (Å²) in [6.07, 6.45) is 26.1. The van der Waals surface area contributed by atoms with E-state index in [1.54, 1.807) is 0 Å². The third kappa shape index (κ3) is 20.5. The number of rotatable bonds is 20. The van der Waals surface area contributed by atoms with Gasteiger partial charge in [-0.2, -0.15) is 0 Å². The second kappa shape index (κ2) is 22.6. The van der Waals surface area contributed by atoms with E-state index >= 15 is 0 Å². The lowest BCUT2D eigenvalue weighted by molar-refractivity contribution is -0.138. The summed E-state index contributed by atoms with van der Waals surface area (Å²) >= 11 is 1.34. The van der Waals surface area contributed by atoms with Crippen molar-refractivity contribution in [1.82, 2.24) is 5.32 Å². The zero-order valence-corrected chi connectivity index (χ0v) is 21.7. The molecule has 0 heterocycles. The SMILES string of the molecule is CC/C=C\C[C@H](O)[C@@H](/C=C/C=C/C=C\C/C=C\C/C=C\CCC(=O)O)SC[C@H](N)C(=O)NCC(=O)O. The van der Waals surface area contributed by atoms with Gasteiger partial charge in [-0.25, -0.2) is 0 Å². The van der Waals surface area contributed by atoms with E-state index in [0.717, 1.165) is 19.3 Å². The van der Waals surface area contributed by atoms with Crippen LogP contribution in [0.25, 0.3) is 0 Å². The van der Waals surface area contributed by atoms with Crippen molar-refractivity contribution in [3.8, 4) is 0 Å². The molecule has 3 atom stereocenters. The number of aliphatic hydroxyl groups excluding tert-OH is 1. The van der Waals surface area contributed by atoms with Gasteiger partial charge >= 0.3 is 11.9 Å². The van der Waals surface area contributed by atoms with E-state index in [-0.39, 0.29) is 17.4 Å². The molecule has 1 amide bonds. The number of amides is 1. The van der Waals surface area contributed by atoms with Crippen LogP contribution >= 0.6 is 11.8 Å². The number of allylic oxidation sites excluding steroid dienone is 10. The summed E-state index contributed by atoms with van der Waals surface area (Å²) in [6, 6.07) is -0.879. The highest BCUT2D eigenvalue weighted by Gasteiger charge is 2.20. The lowest BCUT2D eigenvalue weighted by Gasteiger charge is -2.20. The largest absolute Gasteiger partial charge is 0.481 e. The average molecular weight is 521 g/mol. The van der Waals surface area contributed by atoms with Crippen molar-refractivity contribution in [2.24, 2.45) is 5.73 Å². The molecule has 0 bridgehead atoms. The zero-order valence-electron chi connectivity index (χ0n) is 20.9. The molecule has 0 aliphatic heterocycles. The minimum absolute atomic E-state index is 0.150. The number of aliphatic hydroxyl groups is 1. The molecule has 0 fully saturated rings. The van der Waals surface area contributed by atoms with Crippen LogP contribution in [0, 0.1) is 0 Å². The van der Waals surface area contributed by atoms with Gasteiger partial charge in [0.25, 0.3) is 0 Å². The molecule has 0 aromatic carbocycles. The van der Waals surface area contributed by atoms with E-state index in [1.807, 2.05) is 79.8 Å². The van der Waals surface area contributed by atoms with Crippen molar-refractivity contribution >= 4 is 29.6 Å². The fourth-order valence-corrected chi connectivity index (χ4v) is 3.76. The Morgan fingerprint density at radius 3 is 2.22 bits per heavy atom. The van der Waals surface area contributed by atoms with Gasteiger partial charge in [0.15, 0.2) is 0 Å². The number of carbonyl (C=O) groups is 3. The number of nitrogens with one attached hydrogen (secondary N) is 1. The minimum atomic E-state index is -1.14. The number of carboxylic acid groups (broad SMARTS) is 2. The van der Waals surface area contributed by atoms with Crippen molar-refractivity contribution in [3.63, 3.8) is 0 Å². The molecule has 0 saturated carbocycles. The summed E-state index contributed by atoms with van der Waals surface area (Å²) < 4.78 is 0. The van der Waals surface area contributed by atoms with E-state index in [2.05, 4.69) is 5.32 Å². The van der Waals surface area contributed by atoms with E-state index < -0.39 is 36.5 Å². The quantitative estimate of drug-likeness (QED) is 0.120. The second-order valence-electron chi connectivity index (χ2n) is 7.74. The maximum absolute atomic E-state index is 11.9. The van der Waals surface area contributed by atoms with Gasteiger partial charge in [0.05, 0.1) is 12.1 Å². The molecule has 6 N–H and O–H groups in total. The van der Waals surface area contributed by atoms with Crippen LogP contribution in [0.4, 0.5) is 0 Å². The molecular formula is C27H40N2O6S. The minimum Gasteiger partial charge on any atom is -0.481 e. The van der Waals surface area contributed by atoms with Crippen LogP contribution in [-0.2, 0) is 14.4 Å². The third-order valence-corrected chi connectivity index (χ3v) is 5.96. The predicted molar refractivity (Wildman–Crippen MR) is 147 cm³/mol. The van der Waals surface area contributed by atoms with Crippen LogP contribution in [-0.4, -0.2) is 62.9 Å². The standard InChI is InChI=1S/C27H40N2O6S/c1-2-3-14-17-23(30)24(36-21-22(28)27(35)29-20-26(33)34)18-15-12-10-8-6-4-5-7-9-11-13-16-19-25(31)32/h3,5-8,10-15,18,22-24,30H,2,4,9,16-17,19-21,28H2,1H3,(H,29,35)(H,31,32)(H,33,34)/b7-5-,8-6-,12-10+,13-11-,14-3-,18-15+/t22-,23-,24+/m0/s1. The maximum Gasteiger partial charge on any atom is 0.322 e. The summed E-state index contributed by atoms with van der Waals surface area (Å²) in [7, 11) is 0. The van der Waals surface area contributed by atoms with Crippen LogP contribution < -0.4 is 11.1 Å². The fourth-order valence-electron chi connectivity index (χ4n) is 2.65. The first-order chi connectivity index (χ1) is 17.3. The Bertz CT molecular complexity index is 817. The molecule has 0 unspecified atom stereocenters. The highest BCUT2D eigenvalue weighted by atomic mass is 32.2. The summed E-state index contributed by atoms with van der Waals surface area (Å²) in [4.78, 5) is 32.9. The summed E-state index contributed by atoms with van der Waals surface area (Å²) in [5.74, 6) is -2.23. The number of hydrogen-bond donors (Lipinski definition) is 5. The van der Waals surface area contributed by atoms with E-state index in [1.165, 1.54) is 11.8 Å². The lowest BCUT2D eigenvalue weighted by atomic mass is 10.1. The second-order valence-corrected chi connectivity index (χ2v) is 8.95. The first kappa shape index (κ1) is 33.1. The maximum atomic E-state index is 11.9. The lowest BCUT2D eigenvalue weighted by Crippen LogP contribution is -2.44. The van der Waals surface area contributed by atoms with Gasteiger partial charge in [-0.15, -0.1) is 11.8 Å². The highest BCUT2D eigenvalue weighted by molar-refractivity contribution is 8.00. The van der Waals surface area contributed by atoms with Gasteiger partial charge in [-0.3, -0.25) is 14.4 Å². The topological polar surface area (TPSA) is 150 Å². The van der Waals surface area contributed by atoms with Gasteiger partial charge in [-0.05, 0) is 32.1 Å². The van der Waals surface area contributed by atoms with Crippen molar-refractivity contribution in [1.29, 1.82) is 0 Å². The Morgan fingerprint density at radius 2 is 1.56 bits per heavy atom.